The Balaban J connectivity index is 1.94. The van der Waals surface area contributed by atoms with Crippen LogP contribution in [0.1, 0.15) is 81.9 Å². The minimum atomic E-state index is -0.114. The maximum Gasteiger partial charge on any atom is 0.220 e. The van der Waals surface area contributed by atoms with Crippen molar-refractivity contribution in [3.05, 3.63) is 40.7 Å². The first kappa shape index (κ1) is 25.8. The lowest BCUT2D eigenvalue weighted by Crippen LogP contribution is -2.27. The molecule has 0 bridgehead atoms. The van der Waals surface area contributed by atoms with Gasteiger partial charge in [-0.2, -0.15) is 5.10 Å². The molecule has 0 aliphatic carbocycles. The number of carbonyl (C=O) groups is 1. The van der Waals surface area contributed by atoms with Crippen LogP contribution >= 0.6 is 0 Å². The average molecular weight is 444 g/mol. The number of rotatable bonds is 13. The SMILES string of the molecule is CCCCCOc1ccc(C(C)NC(=O)CCc2c(C)nn(CC(C)C)c2C)cc1OC. The van der Waals surface area contributed by atoms with Crippen molar-refractivity contribution >= 4 is 5.91 Å². The average Bonchev–Trinajstić information content (AvgIpc) is 3.01. The molecule has 1 atom stereocenters. The van der Waals surface area contributed by atoms with E-state index < -0.39 is 0 Å². The summed E-state index contributed by atoms with van der Waals surface area (Å²) in [6.07, 6.45) is 4.48. The van der Waals surface area contributed by atoms with Gasteiger partial charge in [0.25, 0.3) is 0 Å². The van der Waals surface area contributed by atoms with Crippen LogP contribution in [0.5, 0.6) is 11.5 Å². The highest BCUT2D eigenvalue weighted by atomic mass is 16.5. The summed E-state index contributed by atoms with van der Waals surface area (Å²) in [7, 11) is 1.64. The molecule has 0 aliphatic rings. The van der Waals surface area contributed by atoms with E-state index >= 15 is 0 Å². The largest absolute Gasteiger partial charge is 0.493 e. The number of nitrogens with one attached hydrogen (secondary N) is 1. The summed E-state index contributed by atoms with van der Waals surface area (Å²) < 4.78 is 13.4. The molecule has 6 nitrogen and oxygen atoms in total. The predicted octanol–water partition coefficient (Wildman–Crippen LogP) is 5.54. The fourth-order valence-electron chi connectivity index (χ4n) is 3.86. The van der Waals surface area contributed by atoms with Crippen molar-refractivity contribution in [3.63, 3.8) is 0 Å². The Labute approximate surface area is 193 Å². The van der Waals surface area contributed by atoms with E-state index in [0.29, 0.717) is 31.1 Å². The lowest BCUT2D eigenvalue weighted by Gasteiger charge is -2.17. The van der Waals surface area contributed by atoms with Crippen molar-refractivity contribution < 1.29 is 14.3 Å². The van der Waals surface area contributed by atoms with Gasteiger partial charge in [-0.15, -0.1) is 0 Å². The number of carbonyl (C=O) groups excluding carboxylic acids is 1. The van der Waals surface area contributed by atoms with Crippen LogP contribution in [-0.2, 0) is 17.8 Å². The number of amides is 1. The van der Waals surface area contributed by atoms with E-state index in [2.05, 4.69) is 42.8 Å². The highest BCUT2D eigenvalue weighted by Gasteiger charge is 2.16. The van der Waals surface area contributed by atoms with E-state index in [-0.39, 0.29) is 11.9 Å². The van der Waals surface area contributed by atoms with Gasteiger partial charge >= 0.3 is 0 Å². The first-order valence-electron chi connectivity index (χ1n) is 11.9. The molecule has 2 rings (SSSR count). The predicted molar refractivity (Wildman–Crippen MR) is 129 cm³/mol. The molecular weight excluding hydrogens is 402 g/mol. The van der Waals surface area contributed by atoms with Crippen molar-refractivity contribution in [1.29, 1.82) is 0 Å². The van der Waals surface area contributed by atoms with Gasteiger partial charge in [0, 0.05) is 18.7 Å². The number of aryl methyl sites for hydroxylation is 1. The van der Waals surface area contributed by atoms with Gasteiger partial charge < -0.3 is 14.8 Å². The molecule has 2 aromatic rings. The van der Waals surface area contributed by atoms with Gasteiger partial charge in [0.05, 0.1) is 25.5 Å². The number of hydrogen-bond acceptors (Lipinski definition) is 4. The minimum absolute atomic E-state index is 0.0340. The van der Waals surface area contributed by atoms with Crippen LogP contribution in [0.15, 0.2) is 18.2 Å². The maximum absolute atomic E-state index is 12.6. The second-order valence-corrected chi connectivity index (χ2v) is 8.98. The molecule has 1 heterocycles. The molecule has 1 aromatic heterocycles. The number of benzene rings is 1. The van der Waals surface area contributed by atoms with Crippen LogP contribution in [0.4, 0.5) is 0 Å². The number of unbranched alkanes of at least 4 members (excludes halogenated alkanes) is 2. The molecule has 1 unspecified atom stereocenters. The Kier molecular flexibility index (Phi) is 10.1. The quantitative estimate of drug-likeness (QED) is 0.413. The van der Waals surface area contributed by atoms with Crippen molar-refractivity contribution in [1.82, 2.24) is 15.1 Å². The van der Waals surface area contributed by atoms with Crippen LogP contribution in [-0.4, -0.2) is 29.4 Å². The van der Waals surface area contributed by atoms with Gasteiger partial charge in [-0.05, 0) is 62.8 Å². The number of ether oxygens (including phenoxy) is 2. The molecule has 1 amide bonds. The van der Waals surface area contributed by atoms with Crippen molar-refractivity contribution in [3.8, 4) is 11.5 Å². The first-order chi connectivity index (χ1) is 15.3. The molecule has 6 heteroatoms. The Morgan fingerprint density at radius 2 is 1.91 bits per heavy atom. The van der Waals surface area contributed by atoms with Crippen LogP contribution in [0.3, 0.4) is 0 Å². The zero-order valence-electron chi connectivity index (χ0n) is 21.0. The van der Waals surface area contributed by atoms with E-state index in [1.807, 2.05) is 32.0 Å². The number of hydrogen-bond donors (Lipinski definition) is 1. The van der Waals surface area contributed by atoms with Crippen LogP contribution < -0.4 is 14.8 Å². The summed E-state index contributed by atoms with van der Waals surface area (Å²) in [6.45, 7) is 14.2. The molecule has 0 saturated heterocycles. The second-order valence-electron chi connectivity index (χ2n) is 8.98. The fourth-order valence-corrected chi connectivity index (χ4v) is 3.86. The summed E-state index contributed by atoms with van der Waals surface area (Å²) in [4.78, 5) is 12.6. The zero-order chi connectivity index (χ0) is 23.7. The van der Waals surface area contributed by atoms with E-state index in [0.717, 1.165) is 48.5 Å². The molecule has 32 heavy (non-hydrogen) atoms. The minimum Gasteiger partial charge on any atom is -0.493 e. The highest BCUT2D eigenvalue weighted by Crippen LogP contribution is 2.30. The highest BCUT2D eigenvalue weighted by molar-refractivity contribution is 5.76. The maximum atomic E-state index is 12.6. The summed E-state index contributed by atoms with van der Waals surface area (Å²) in [6, 6.07) is 5.76. The lowest BCUT2D eigenvalue weighted by molar-refractivity contribution is -0.121. The number of nitrogens with zero attached hydrogens (tertiary/aromatic N) is 2. The zero-order valence-corrected chi connectivity index (χ0v) is 21.0. The second kappa shape index (κ2) is 12.5. The third-order valence-corrected chi connectivity index (χ3v) is 5.74. The normalized spacial score (nSPS) is 12.1. The van der Waals surface area contributed by atoms with Crippen LogP contribution in [0.2, 0.25) is 0 Å². The van der Waals surface area contributed by atoms with E-state index in [4.69, 9.17) is 9.47 Å². The molecule has 0 aliphatic heterocycles. The van der Waals surface area contributed by atoms with Gasteiger partial charge in [0.2, 0.25) is 5.91 Å². The van der Waals surface area contributed by atoms with E-state index in [1.54, 1.807) is 7.11 Å². The van der Waals surface area contributed by atoms with Gasteiger partial charge in [-0.3, -0.25) is 9.48 Å². The summed E-state index contributed by atoms with van der Waals surface area (Å²) >= 11 is 0. The van der Waals surface area contributed by atoms with Gasteiger partial charge in [-0.1, -0.05) is 39.7 Å². The molecule has 1 N–H and O–H groups in total. The van der Waals surface area contributed by atoms with E-state index in [9.17, 15) is 4.79 Å². The Bertz CT molecular complexity index is 873. The first-order valence-corrected chi connectivity index (χ1v) is 11.9. The monoisotopic (exact) mass is 443 g/mol. The molecule has 1 aromatic carbocycles. The van der Waals surface area contributed by atoms with Crippen LogP contribution in [0, 0.1) is 19.8 Å². The summed E-state index contributed by atoms with van der Waals surface area (Å²) in [5.41, 5.74) is 4.35. The molecule has 178 valence electrons. The third kappa shape index (κ3) is 7.28. The molecule has 0 fully saturated rings. The number of aromatic nitrogens is 2. The van der Waals surface area contributed by atoms with Gasteiger partial charge in [0.15, 0.2) is 11.5 Å². The van der Waals surface area contributed by atoms with Crippen molar-refractivity contribution in [2.45, 2.75) is 86.2 Å². The lowest BCUT2D eigenvalue weighted by atomic mass is 10.1. The molecular formula is C26H41N3O3. The third-order valence-electron chi connectivity index (χ3n) is 5.74. The standard InChI is InChI=1S/C26H41N3O3/c1-8-9-10-15-32-24-13-11-22(16-25(24)31-7)19(4)27-26(30)14-12-23-20(5)28-29(21(23)6)17-18(2)3/h11,13,16,18-19H,8-10,12,14-15,17H2,1-7H3,(H,27,30). The van der Waals surface area contributed by atoms with Crippen molar-refractivity contribution in [2.24, 2.45) is 5.92 Å². The smallest absolute Gasteiger partial charge is 0.220 e. The molecule has 0 saturated carbocycles. The number of methoxy groups -OCH3 is 1. The van der Waals surface area contributed by atoms with Gasteiger partial charge in [0.1, 0.15) is 0 Å². The van der Waals surface area contributed by atoms with Crippen molar-refractivity contribution in [2.75, 3.05) is 13.7 Å². The topological polar surface area (TPSA) is 65.4 Å². The fraction of sp³-hybridized carbons (Fsp3) is 0.615. The molecule has 0 radical (unpaired) electrons. The Hall–Kier alpha value is -2.50. The van der Waals surface area contributed by atoms with Gasteiger partial charge in [-0.25, -0.2) is 0 Å². The summed E-state index contributed by atoms with van der Waals surface area (Å²) in [5, 5.41) is 7.77. The Morgan fingerprint density at radius 3 is 2.56 bits per heavy atom. The molecule has 0 spiro atoms. The Morgan fingerprint density at radius 1 is 1.16 bits per heavy atom. The van der Waals surface area contributed by atoms with E-state index in [1.165, 1.54) is 5.56 Å². The summed E-state index contributed by atoms with van der Waals surface area (Å²) in [5.74, 6) is 2.01. The van der Waals surface area contributed by atoms with Crippen LogP contribution in [0.25, 0.3) is 0 Å².